The van der Waals surface area contributed by atoms with E-state index in [0.717, 1.165) is 41.7 Å². The van der Waals surface area contributed by atoms with E-state index in [9.17, 15) is 14.7 Å². The van der Waals surface area contributed by atoms with Crippen LogP contribution in [0.15, 0.2) is 77.4 Å². The van der Waals surface area contributed by atoms with Crippen molar-refractivity contribution < 1.29 is 19.4 Å². The normalized spacial score (nSPS) is 19.7. The van der Waals surface area contributed by atoms with E-state index in [2.05, 4.69) is 6.08 Å². The molecule has 9 heteroatoms. The third-order valence-corrected chi connectivity index (χ3v) is 7.27. The number of hydrogen-bond acceptors (Lipinski definition) is 6. The van der Waals surface area contributed by atoms with Gasteiger partial charge in [0.15, 0.2) is 6.61 Å². The number of amides is 1. The molecule has 0 radical (unpaired) electrons. The summed E-state index contributed by atoms with van der Waals surface area (Å²) in [4.78, 5) is 26.0. The number of rotatable bonds is 5. The van der Waals surface area contributed by atoms with Gasteiger partial charge in [-0.15, -0.1) is 0 Å². The molecule has 2 atom stereocenters. The summed E-state index contributed by atoms with van der Waals surface area (Å²) in [6.07, 6.45) is 4.71. The highest BCUT2D eigenvalue weighted by molar-refractivity contribution is 6.30. The number of allylic oxidation sites excluding steroid dienone is 1. The van der Waals surface area contributed by atoms with Crippen molar-refractivity contribution in [3.8, 4) is 5.75 Å². The van der Waals surface area contributed by atoms with E-state index in [4.69, 9.17) is 38.8 Å². The lowest BCUT2D eigenvalue weighted by Gasteiger charge is -2.29. The third kappa shape index (κ3) is 5.39. The Bertz CT molecular complexity index is 1440. The second kappa shape index (κ2) is 10.9. The molecule has 5 rings (SSSR count). The molecule has 0 bridgehead atoms. The van der Waals surface area contributed by atoms with Crippen LogP contribution in [0.4, 0.5) is 5.69 Å². The summed E-state index contributed by atoms with van der Waals surface area (Å²) in [6.45, 7) is -0.530. The number of nitrogens with zero attached hydrogens (tertiary/aromatic N) is 2. The number of halogens is 2. The first-order valence-corrected chi connectivity index (χ1v) is 12.9. The maximum absolute atomic E-state index is 13.4. The van der Waals surface area contributed by atoms with Crippen molar-refractivity contribution in [2.45, 2.75) is 25.3 Å². The van der Waals surface area contributed by atoms with E-state index in [1.165, 1.54) is 23.2 Å². The van der Waals surface area contributed by atoms with Gasteiger partial charge in [-0.05, 0) is 84.5 Å². The molecular weight excluding hydrogens is 525 g/mol. The number of carbonyl (C=O) groups excluding carboxylic acids is 2. The Morgan fingerprint density at radius 1 is 1.05 bits per heavy atom. The highest BCUT2D eigenvalue weighted by atomic mass is 35.5. The fourth-order valence-electron chi connectivity index (χ4n) is 4.95. The molecule has 0 saturated heterocycles. The fraction of sp³-hybridized carbons (Fsp3) is 0.207. The summed E-state index contributed by atoms with van der Waals surface area (Å²) in [5.41, 5.74) is 9.77. The van der Waals surface area contributed by atoms with Gasteiger partial charge in [-0.3, -0.25) is 4.79 Å². The first kappa shape index (κ1) is 25.8. The maximum atomic E-state index is 13.4. The molecule has 1 saturated carbocycles. The zero-order valence-electron chi connectivity index (χ0n) is 20.3. The van der Waals surface area contributed by atoms with Crippen molar-refractivity contribution in [3.63, 3.8) is 0 Å². The Morgan fingerprint density at radius 2 is 1.74 bits per heavy atom. The summed E-state index contributed by atoms with van der Waals surface area (Å²) in [6, 6.07) is 18.5. The molecule has 3 aromatic rings. The van der Waals surface area contributed by atoms with Gasteiger partial charge in [-0.2, -0.15) is 5.10 Å². The number of phenolic OH excluding ortho intramolecular Hbond substituents is 1. The van der Waals surface area contributed by atoms with Crippen molar-refractivity contribution in [1.82, 2.24) is 5.01 Å². The SMILES string of the molecule is Nc1ccc(O)cc1C(=O)OCC(=O)N1N=C2C(=Cc3ccc(Cl)cc3)CCCC2C1c1ccc(Cl)cc1. The van der Waals surface area contributed by atoms with Crippen molar-refractivity contribution in [2.75, 3.05) is 12.3 Å². The molecule has 0 aromatic heterocycles. The van der Waals surface area contributed by atoms with Crippen molar-refractivity contribution in [1.29, 1.82) is 0 Å². The summed E-state index contributed by atoms with van der Waals surface area (Å²) < 4.78 is 5.29. The van der Waals surface area contributed by atoms with E-state index in [0.29, 0.717) is 10.0 Å². The van der Waals surface area contributed by atoms with Crippen LogP contribution in [0.1, 0.15) is 46.8 Å². The van der Waals surface area contributed by atoms with Crippen LogP contribution >= 0.6 is 23.2 Å². The minimum atomic E-state index is -0.803. The Labute approximate surface area is 230 Å². The molecule has 1 aliphatic heterocycles. The minimum Gasteiger partial charge on any atom is -0.508 e. The smallest absolute Gasteiger partial charge is 0.340 e. The average Bonchev–Trinajstić information content (AvgIpc) is 3.31. The van der Waals surface area contributed by atoms with Crippen LogP contribution in [0, 0.1) is 5.92 Å². The summed E-state index contributed by atoms with van der Waals surface area (Å²) >= 11 is 12.2. The lowest BCUT2D eigenvalue weighted by molar-refractivity contribution is -0.137. The molecule has 1 heterocycles. The van der Waals surface area contributed by atoms with E-state index in [1.54, 1.807) is 12.1 Å². The van der Waals surface area contributed by atoms with Crippen molar-refractivity contribution >= 4 is 52.6 Å². The van der Waals surface area contributed by atoms with Crippen LogP contribution in [0.25, 0.3) is 6.08 Å². The van der Waals surface area contributed by atoms with Gasteiger partial charge in [0, 0.05) is 21.7 Å². The van der Waals surface area contributed by atoms with Gasteiger partial charge < -0.3 is 15.6 Å². The molecule has 0 spiro atoms. The Kier molecular flexibility index (Phi) is 7.40. The number of hydrogen-bond donors (Lipinski definition) is 2. The number of nitrogen functional groups attached to an aromatic ring is 1. The number of phenols is 1. The van der Waals surface area contributed by atoms with Crippen LogP contribution in [-0.2, 0) is 9.53 Å². The molecule has 1 amide bonds. The van der Waals surface area contributed by atoms with Gasteiger partial charge in [-0.25, -0.2) is 9.80 Å². The van der Waals surface area contributed by atoms with Crippen LogP contribution in [0.3, 0.4) is 0 Å². The van der Waals surface area contributed by atoms with Gasteiger partial charge in [0.25, 0.3) is 5.91 Å². The second-order valence-electron chi connectivity index (χ2n) is 9.29. The largest absolute Gasteiger partial charge is 0.508 e. The zero-order valence-corrected chi connectivity index (χ0v) is 21.8. The van der Waals surface area contributed by atoms with Gasteiger partial charge in [-0.1, -0.05) is 47.5 Å². The number of fused-ring (bicyclic) bond motifs is 1. The molecule has 38 heavy (non-hydrogen) atoms. The predicted octanol–water partition coefficient (Wildman–Crippen LogP) is 6.26. The van der Waals surface area contributed by atoms with E-state index in [-0.39, 0.29) is 29.0 Å². The second-order valence-corrected chi connectivity index (χ2v) is 10.2. The van der Waals surface area contributed by atoms with Crippen LogP contribution in [-0.4, -0.2) is 34.3 Å². The molecule has 7 nitrogen and oxygen atoms in total. The molecule has 3 aromatic carbocycles. The van der Waals surface area contributed by atoms with Crippen molar-refractivity contribution in [2.24, 2.45) is 11.0 Å². The maximum Gasteiger partial charge on any atom is 0.340 e. The van der Waals surface area contributed by atoms with E-state index >= 15 is 0 Å². The Hall–Kier alpha value is -3.81. The summed E-state index contributed by atoms with van der Waals surface area (Å²) in [5, 5.41) is 17.2. The number of benzene rings is 3. The van der Waals surface area contributed by atoms with E-state index in [1.807, 2.05) is 36.4 Å². The number of hydrazone groups is 1. The third-order valence-electron chi connectivity index (χ3n) is 6.76. The van der Waals surface area contributed by atoms with Crippen molar-refractivity contribution in [3.05, 3.63) is 99.0 Å². The topological polar surface area (TPSA) is 105 Å². The van der Waals surface area contributed by atoms with Crippen LogP contribution in [0.2, 0.25) is 10.0 Å². The number of ether oxygens (including phenoxy) is 1. The van der Waals surface area contributed by atoms with Gasteiger partial charge in [0.05, 0.1) is 17.3 Å². The molecule has 1 aliphatic carbocycles. The zero-order chi connectivity index (χ0) is 26.8. The molecular formula is C29H25Cl2N3O4. The molecule has 1 fully saturated rings. The lowest BCUT2D eigenvalue weighted by Crippen LogP contribution is -2.34. The number of nitrogens with two attached hydrogens (primary N) is 1. The van der Waals surface area contributed by atoms with Gasteiger partial charge in [0.1, 0.15) is 5.75 Å². The van der Waals surface area contributed by atoms with Gasteiger partial charge >= 0.3 is 5.97 Å². The summed E-state index contributed by atoms with van der Waals surface area (Å²) in [7, 11) is 0. The molecule has 3 N–H and O–H groups in total. The van der Waals surface area contributed by atoms with E-state index < -0.39 is 18.5 Å². The minimum absolute atomic E-state index is 0.0124. The predicted molar refractivity (Wildman–Crippen MR) is 148 cm³/mol. The Morgan fingerprint density at radius 3 is 2.45 bits per heavy atom. The molecule has 2 unspecified atom stereocenters. The average molecular weight is 550 g/mol. The fourth-order valence-corrected chi connectivity index (χ4v) is 5.20. The van der Waals surface area contributed by atoms with Crippen LogP contribution < -0.4 is 5.73 Å². The first-order valence-electron chi connectivity index (χ1n) is 12.2. The number of anilines is 1. The van der Waals surface area contributed by atoms with Crippen LogP contribution in [0.5, 0.6) is 5.75 Å². The van der Waals surface area contributed by atoms with Gasteiger partial charge in [0.2, 0.25) is 0 Å². The highest BCUT2D eigenvalue weighted by Gasteiger charge is 2.43. The quantitative estimate of drug-likeness (QED) is 0.222. The number of carbonyl (C=O) groups is 2. The summed E-state index contributed by atoms with van der Waals surface area (Å²) in [5.74, 6) is -1.42. The Balaban J connectivity index is 1.44. The lowest BCUT2D eigenvalue weighted by atomic mass is 9.77. The molecule has 194 valence electrons. The highest BCUT2D eigenvalue weighted by Crippen LogP contribution is 2.44. The molecule has 2 aliphatic rings. The first-order chi connectivity index (χ1) is 18.3. The monoisotopic (exact) mass is 549 g/mol. The number of aromatic hydroxyl groups is 1. The number of esters is 1. The standard InChI is InChI=1S/C29H25Cl2N3O4/c30-20-8-4-17(5-9-20)14-19-2-1-3-23-27(19)33-34(28(23)18-6-10-21(31)11-7-18)26(36)16-38-29(37)24-15-22(35)12-13-25(24)32/h4-15,23,28,35H,1-3,16,32H2.